The third-order valence-electron chi connectivity index (χ3n) is 2.37. The number of nitrogens with zero attached hydrogens (tertiary/aromatic N) is 1. The highest BCUT2D eigenvalue weighted by Gasteiger charge is 2.10. The third kappa shape index (κ3) is 3.04. The van der Waals surface area contributed by atoms with Crippen molar-refractivity contribution < 1.29 is 9.18 Å². The van der Waals surface area contributed by atoms with E-state index in [1.807, 2.05) is 5.38 Å². The van der Waals surface area contributed by atoms with Crippen molar-refractivity contribution in [3.63, 3.8) is 0 Å². The normalized spacial score (nSPS) is 10.3. The number of halogens is 1. The molecule has 6 heteroatoms. The van der Waals surface area contributed by atoms with Gasteiger partial charge in [0, 0.05) is 30.2 Å². The maximum atomic E-state index is 13.0. The molecule has 0 aliphatic heterocycles. The van der Waals surface area contributed by atoms with E-state index < -0.39 is 5.82 Å². The van der Waals surface area contributed by atoms with Crippen molar-refractivity contribution in [3.8, 4) is 0 Å². The van der Waals surface area contributed by atoms with Crippen molar-refractivity contribution in [2.75, 3.05) is 12.3 Å². The molecule has 0 atom stereocenters. The fourth-order valence-electron chi connectivity index (χ4n) is 1.48. The highest BCUT2D eigenvalue weighted by Crippen LogP contribution is 2.13. The molecular weight excluding hydrogens is 253 g/mol. The average molecular weight is 265 g/mol. The number of carbonyl (C=O) groups excluding carboxylic acids is 1. The molecule has 2 aromatic rings. The van der Waals surface area contributed by atoms with E-state index in [4.69, 9.17) is 5.73 Å². The second-order valence-electron chi connectivity index (χ2n) is 3.66. The average Bonchev–Trinajstić information content (AvgIpc) is 2.85. The predicted octanol–water partition coefficient (Wildman–Crippen LogP) is 1.84. The number of nitrogens with two attached hydrogens (primary N) is 1. The Morgan fingerprint density at radius 2 is 2.33 bits per heavy atom. The molecule has 0 saturated heterocycles. The molecule has 3 N–H and O–H groups in total. The number of benzene rings is 1. The first-order valence-electron chi connectivity index (χ1n) is 5.38. The van der Waals surface area contributed by atoms with Gasteiger partial charge in [0.2, 0.25) is 0 Å². The van der Waals surface area contributed by atoms with Gasteiger partial charge in [0.1, 0.15) is 5.82 Å². The van der Waals surface area contributed by atoms with Crippen LogP contribution >= 0.6 is 11.3 Å². The Hall–Kier alpha value is -1.95. The van der Waals surface area contributed by atoms with Crippen LogP contribution in [-0.4, -0.2) is 17.4 Å². The molecule has 0 saturated carbocycles. The number of rotatable bonds is 4. The van der Waals surface area contributed by atoms with Crippen molar-refractivity contribution in [3.05, 3.63) is 46.2 Å². The van der Waals surface area contributed by atoms with Gasteiger partial charge in [0.05, 0.1) is 10.6 Å². The molecule has 0 aliphatic carbocycles. The van der Waals surface area contributed by atoms with Gasteiger partial charge in [-0.2, -0.15) is 0 Å². The van der Waals surface area contributed by atoms with Crippen molar-refractivity contribution in [2.24, 2.45) is 0 Å². The number of hydrogen-bond donors (Lipinski definition) is 2. The first-order valence-corrected chi connectivity index (χ1v) is 6.26. The van der Waals surface area contributed by atoms with E-state index in [0.717, 1.165) is 11.1 Å². The molecule has 0 aliphatic rings. The number of thiazole rings is 1. The summed E-state index contributed by atoms with van der Waals surface area (Å²) >= 11 is 1.53. The van der Waals surface area contributed by atoms with E-state index in [9.17, 15) is 9.18 Å². The number of nitrogens with one attached hydrogen (secondary N) is 1. The Bertz CT molecular complexity index is 542. The Morgan fingerprint density at radius 1 is 1.50 bits per heavy atom. The number of nitrogen functional groups attached to an aromatic ring is 1. The van der Waals surface area contributed by atoms with Crippen LogP contribution in [0.2, 0.25) is 0 Å². The number of hydrogen-bond acceptors (Lipinski definition) is 4. The van der Waals surface area contributed by atoms with E-state index in [0.29, 0.717) is 13.0 Å². The fourth-order valence-corrected chi connectivity index (χ4v) is 2.10. The largest absolute Gasteiger partial charge is 0.398 e. The number of carbonyl (C=O) groups is 1. The van der Waals surface area contributed by atoms with Gasteiger partial charge in [-0.25, -0.2) is 9.37 Å². The highest BCUT2D eigenvalue weighted by atomic mass is 32.1. The summed E-state index contributed by atoms with van der Waals surface area (Å²) in [6, 6.07) is 3.74. The Kier molecular flexibility index (Phi) is 3.88. The monoisotopic (exact) mass is 265 g/mol. The fraction of sp³-hybridized carbons (Fsp3) is 0.167. The van der Waals surface area contributed by atoms with Crippen LogP contribution in [0, 0.1) is 5.82 Å². The van der Waals surface area contributed by atoms with Crippen LogP contribution in [0.3, 0.4) is 0 Å². The minimum Gasteiger partial charge on any atom is -0.398 e. The Labute approximate surface area is 108 Å². The van der Waals surface area contributed by atoms with Crippen molar-refractivity contribution in [1.82, 2.24) is 10.3 Å². The van der Waals surface area contributed by atoms with E-state index in [2.05, 4.69) is 10.3 Å². The lowest BCUT2D eigenvalue weighted by Crippen LogP contribution is -2.26. The summed E-state index contributed by atoms with van der Waals surface area (Å²) in [6.07, 6.45) is 2.37. The minimum atomic E-state index is -0.478. The molecule has 0 fully saturated rings. The van der Waals surface area contributed by atoms with Gasteiger partial charge in [0.25, 0.3) is 5.91 Å². The second kappa shape index (κ2) is 5.59. The van der Waals surface area contributed by atoms with Crippen molar-refractivity contribution in [1.29, 1.82) is 0 Å². The first kappa shape index (κ1) is 12.5. The maximum absolute atomic E-state index is 13.0. The molecule has 18 heavy (non-hydrogen) atoms. The minimum absolute atomic E-state index is 0.161. The molecular formula is C12H12FN3OS. The molecule has 1 aromatic carbocycles. The van der Waals surface area contributed by atoms with Gasteiger partial charge >= 0.3 is 0 Å². The molecule has 4 nitrogen and oxygen atoms in total. The van der Waals surface area contributed by atoms with Gasteiger partial charge in [-0.05, 0) is 18.2 Å². The third-order valence-corrected chi connectivity index (χ3v) is 3.21. The van der Waals surface area contributed by atoms with Crippen LogP contribution in [0.1, 0.15) is 15.4 Å². The molecule has 0 bridgehead atoms. The summed E-state index contributed by atoms with van der Waals surface area (Å²) < 4.78 is 13.0. The number of aromatic nitrogens is 1. The predicted molar refractivity (Wildman–Crippen MR) is 69.0 cm³/mol. The number of amides is 1. The second-order valence-corrected chi connectivity index (χ2v) is 4.64. The van der Waals surface area contributed by atoms with E-state index in [1.165, 1.54) is 23.5 Å². The number of anilines is 1. The van der Waals surface area contributed by atoms with Gasteiger partial charge in [-0.3, -0.25) is 4.79 Å². The molecule has 2 rings (SSSR count). The highest BCUT2D eigenvalue weighted by molar-refractivity contribution is 7.09. The van der Waals surface area contributed by atoms with Crippen molar-refractivity contribution >= 4 is 22.9 Å². The van der Waals surface area contributed by atoms with Crippen LogP contribution in [0.25, 0.3) is 0 Å². The zero-order chi connectivity index (χ0) is 13.0. The smallest absolute Gasteiger partial charge is 0.253 e. The van der Waals surface area contributed by atoms with Gasteiger partial charge in [0.15, 0.2) is 0 Å². The molecule has 0 spiro atoms. The molecule has 0 unspecified atom stereocenters. The van der Waals surface area contributed by atoms with E-state index >= 15 is 0 Å². The summed E-state index contributed by atoms with van der Waals surface area (Å²) in [7, 11) is 0. The van der Waals surface area contributed by atoms with Crippen LogP contribution in [0.5, 0.6) is 0 Å². The van der Waals surface area contributed by atoms with E-state index in [-0.39, 0.29) is 17.2 Å². The lowest BCUT2D eigenvalue weighted by Gasteiger charge is -2.06. The summed E-state index contributed by atoms with van der Waals surface area (Å²) in [5, 5.41) is 5.51. The molecule has 1 amide bonds. The van der Waals surface area contributed by atoms with Gasteiger partial charge < -0.3 is 11.1 Å². The summed E-state index contributed by atoms with van der Waals surface area (Å²) in [5.74, 6) is -0.849. The zero-order valence-electron chi connectivity index (χ0n) is 9.52. The summed E-state index contributed by atoms with van der Waals surface area (Å²) in [5.41, 5.74) is 6.05. The van der Waals surface area contributed by atoms with Crippen LogP contribution in [0.15, 0.2) is 29.8 Å². The lowest BCUT2D eigenvalue weighted by molar-refractivity contribution is 0.0954. The van der Waals surface area contributed by atoms with Crippen molar-refractivity contribution in [2.45, 2.75) is 6.42 Å². The molecule has 1 aromatic heterocycles. The Balaban J connectivity index is 1.93. The van der Waals surface area contributed by atoms with Gasteiger partial charge in [-0.1, -0.05) is 0 Å². The van der Waals surface area contributed by atoms with E-state index in [1.54, 1.807) is 6.20 Å². The molecule has 94 valence electrons. The quantitative estimate of drug-likeness (QED) is 0.829. The topological polar surface area (TPSA) is 68.0 Å². The summed E-state index contributed by atoms with van der Waals surface area (Å²) in [6.45, 7) is 0.447. The maximum Gasteiger partial charge on any atom is 0.253 e. The van der Waals surface area contributed by atoms with Crippen LogP contribution in [-0.2, 0) is 6.42 Å². The van der Waals surface area contributed by atoms with Gasteiger partial charge in [-0.15, -0.1) is 11.3 Å². The molecule has 0 radical (unpaired) electrons. The SMILES string of the molecule is Nc1ccc(F)cc1C(=O)NCCc1nccs1. The molecule has 1 heterocycles. The summed E-state index contributed by atoms with van der Waals surface area (Å²) in [4.78, 5) is 15.9. The zero-order valence-corrected chi connectivity index (χ0v) is 10.3. The van der Waals surface area contributed by atoms with Crippen LogP contribution in [0.4, 0.5) is 10.1 Å². The Morgan fingerprint density at radius 3 is 3.06 bits per heavy atom. The lowest BCUT2D eigenvalue weighted by atomic mass is 10.1. The first-order chi connectivity index (χ1) is 8.66. The van der Waals surface area contributed by atoms with Crippen LogP contribution < -0.4 is 11.1 Å². The standard InChI is InChI=1S/C12H12FN3OS/c13-8-1-2-10(14)9(7-8)12(17)16-4-3-11-15-5-6-18-11/h1-2,5-7H,3-4,14H2,(H,16,17).